The van der Waals surface area contributed by atoms with Crippen LogP contribution in [0, 0.1) is 0 Å². The van der Waals surface area contributed by atoms with Crippen molar-refractivity contribution in [3.8, 4) is 0 Å². The summed E-state index contributed by atoms with van der Waals surface area (Å²) in [4.78, 5) is 35.1. The van der Waals surface area contributed by atoms with Gasteiger partial charge in [-0.3, -0.25) is 9.78 Å². The van der Waals surface area contributed by atoms with Crippen LogP contribution >= 0.6 is 0 Å². The van der Waals surface area contributed by atoms with Crippen LogP contribution < -0.4 is 16.7 Å². The second-order valence-corrected chi connectivity index (χ2v) is 3.10. The van der Waals surface area contributed by atoms with Gasteiger partial charge in [0.1, 0.15) is 11.3 Å². The monoisotopic (exact) mass is 222 g/mol. The lowest BCUT2D eigenvalue weighted by Gasteiger charge is -2.03. The molecule has 0 bridgehead atoms. The highest BCUT2D eigenvalue weighted by Crippen LogP contribution is 2.12. The molecule has 1 amide bonds. The number of nitrogens with zero attached hydrogens (tertiary/aromatic N) is 2. The molecule has 2 aromatic heterocycles. The van der Waals surface area contributed by atoms with E-state index >= 15 is 0 Å². The largest absolute Gasteiger partial charge is 0.348 e. The van der Waals surface area contributed by atoms with Crippen LogP contribution in [-0.2, 0) is 4.79 Å². The molecule has 0 spiro atoms. The van der Waals surface area contributed by atoms with Gasteiger partial charge in [0.15, 0.2) is 5.65 Å². The van der Waals surface area contributed by atoms with E-state index in [1.54, 1.807) is 0 Å². The van der Waals surface area contributed by atoms with Crippen molar-refractivity contribution >= 4 is 22.9 Å². The molecule has 0 unspecified atom stereocenters. The maximum absolute atomic E-state index is 11.3. The number of nitrogens with one attached hydrogen (secondary N) is 3. The summed E-state index contributed by atoms with van der Waals surface area (Å²) in [7, 11) is 0. The van der Waals surface area contributed by atoms with Crippen molar-refractivity contribution in [3.63, 3.8) is 0 Å². The van der Waals surface area contributed by atoms with Gasteiger partial charge in [0.2, 0.25) is 5.91 Å². The minimum Gasteiger partial charge on any atom is -0.340 e. The van der Waals surface area contributed by atoms with E-state index in [0.29, 0.717) is 5.52 Å². The first-order chi connectivity index (χ1) is 7.70. The number of imidazole rings is 1. The molecule has 5 N–H and O–H groups in total. The maximum atomic E-state index is 11.3. The Labute approximate surface area is 89.3 Å². The van der Waals surface area contributed by atoms with E-state index in [9.17, 15) is 9.59 Å². The van der Waals surface area contributed by atoms with Crippen molar-refractivity contribution in [1.29, 1.82) is 0 Å². The fourth-order valence-corrected chi connectivity index (χ4v) is 1.28. The fourth-order valence-electron chi connectivity index (χ4n) is 1.28. The Morgan fingerprint density at radius 3 is 3.12 bits per heavy atom. The van der Waals surface area contributed by atoms with Gasteiger partial charge in [-0.2, -0.15) is 4.98 Å². The van der Waals surface area contributed by atoms with E-state index in [1.165, 1.54) is 6.33 Å². The van der Waals surface area contributed by atoms with Crippen LogP contribution in [-0.4, -0.2) is 32.4 Å². The molecule has 0 aromatic carbocycles. The molecular weight excluding hydrogens is 212 g/mol. The van der Waals surface area contributed by atoms with Gasteiger partial charge in [-0.25, -0.2) is 9.78 Å². The normalized spacial score (nSPS) is 10.6. The number of hydrogen-bond donors (Lipinski definition) is 4. The Morgan fingerprint density at radius 1 is 1.56 bits per heavy atom. The van der Waals surface area contributed by atoms with Gasteiger partial charge in [-0.05, 0) is 0 Å². The second kappa shape index (κ2) is 4.11. The molecule has 0 aliphatic carbocycles. The third-order valence-electron chi connectivity index (χ3n) is 1.94. The Hall–Kier alpha value is -2.22. The van der Waals surface area contributed by atoms with Crippen LogP contribution in [0.15, 0.2) is 11.1 Å². The minimum absolute atomic E-state index is 0.181. The van der Waals surface area contributed by atoms with Crippen LogP contribution in [0.3, 0.4) is 0 Å². The molecule has 2 heterocycles. The number of hydrogen-bond acceptors (Lipinski definition) is 5. The summed E-state index contributed by atoms with van der Waals surface area (Å²) in [5, 5.41) is 2.53. The van der Waals surface area contributed by atoms with Crippen molar-refractivity contribution in [3.05, 3.63) is 16.8 Å². The number of nitrogens with two attached hydrogens (primary N) is 1. The molecular formula is C8H10N6O2. The number of H-pyrrole nitrogens is 2. The van der Waals surface area contributed by atoms with Gasteiger partial charge >= 0.3 is 5.69 Å². The van der Waals surface area contributed by atoms with E-state index in [-0.39, 0.29) is 30.3 Å². The van der Waals surface area contributed by atoms with Crippen molar-refractivity contribution in [1.82, 2.24) is 19.9 Å². The summed E-state index contributed by atoms with van der Waals surface area (Å²) in [6.45, 7) is 0.243. The molecule has 84 valence electrons. The zero-order chi connectivity index (χ0) is 11.5. The van der Waals surface area contributed by atoms with Crippen LogP contribution in [0.1, 0.15) is 6.42 Å². The topological polar surface area (TPSA) is 130 Å². The number of aromatic amines is 2. The van der Waals surface area contributed by atoms with E-state index in [2.05, 4.69) is 25.3 Å². The van der Waals surface area contributed by atoms with E-state index < -0.39 is 5.69 Å². The molecule has 0 atom stereocenters. The predicted octanol–water partition coefficient (Wildman–Crippen LogP) is -1.07. The summed E-state index contributed by atoms with van der Waals surface area (Å²) in [5.41, 5.74) is 5.41. The van der Waals surface area contributed by atoms with Crippen molar-refractivity contribution in [2.75, 3.05) is 11.9 Å². The Bertz CT molecular complexity index is 571. The molecule has 8 nitrogen and oxygen atoms in total. The number of rotatable bonds is 3. The number of carbonyl (C=O) groups excluding carboxylic acids is 1. The van der Waals surface area contributed by atoms with Gasteiger partial charge in [-0.1, -0.05) is 0 Å². The molecule has 0 fully saturated rings. The van der Waals surface area contributed by atoms with Crippen LogP contribution in [0.25, 0.3) is 11.2 Å². The summed E-state index contributed by atoms with van der Waals surface area (Å²) < 4.78 is 0. The standard InChI is InChI=1S/C8H10N6O2/c9-2-1-4(15)12-7-5-6(11-3-10-5)13-8(16)14-7/h3H,1-2,9H2,(H3,10,11,12,13,14,15,16). The highest BCUT2D eigenvalue weighted by molar-refractivity contribution is 5.96. The highest BCUT2D eigenvalue weighted by Gasteiger charge is 2.09. The Morgan fingerprint density at radius 2 is 2.38 bits per heavy atom. The van der Waals surface area contributed by atoms with E-state index in [1.807, 2.05) is 0 Å². The summed E-state index contributed by atoms with van der Waals surface area (Å²) in [5.74, 6) is -0.0220. The number of aromatic nitrogens is 4. The number of anilines is 1. The third kappa shape index (κ3) is 1.91. The molecule has 2 rings (SSSR count). The van der Waals surface area contributed by atoms with Crippen LogP contribution in [0.2, 0.25) is 0 Å². The SMILES string of the molecule is NCCC(=O)Nc1[nH]c(=O)nc2nc[nH]c12. The Kier molecular flexibility index (Phi) is 2.64. The molecule has 0 aliphatic rings. The van der Waals surface area contributed by atoms with Gasteiger partial charge in [0.05, 0.1) is 6.33 Å². The second-order valence-electron chi connectivity index (χ2n) is 3.10. The highest BCUT2D eigenvalue weighted by atomic mass is 16.2. The van der Waals surface area contributed by atoms with Crippen molar-refractivity contribution in [2.45, 2.75) is 6.42 Å². The van der Waals surface area contributed by atoms with Gasteiger partial charge < -0.3 is 16.0 Å². The van der Waals surface area contributed by atoms with Crippen LogP contribution in [0.4, 0.5) is 5.82 Å². The quantitative estimate of drug-likeness (QED) is 0.525. The molecule has 0 aliphatic heterocycles. The zero-order valence-corrected chi connectivity index (χ0v) is 8.28. The van der Waals surface area contributed by atoms with Crippen LogP contribution in [0.5, 0.6) is 0 Å². The van der Waals surface area contributed by atoms with Gasteiger partial charge in [-0.15, -0.1) is 0 Å². The molecule has 0 radical (unpaired) electrons. The predicted molar refractivity (Wildman–Crippen MR) is 56.8 cm³/mol. The minimum atomic E-state index is -0.567. The lowest BCUT2D eigenvalue weighted by Crippen LogP contribution is -2.20. The van der Waals surface area contributed by atoms with Crippen molar-refractivity contribution < 1.29 is 4.79 Å². The molecule has 16 heavy (non-hydrogen) atoms. The average Bonchev–Trinajstić information content (AvgIpc) is 2.65. The molecule has 2 aromatic rings. The lowest BCUT2D eigenvalue weighted by molar-refractivity contribution is -0.116. The first-order valence-corrected chi connectivity index (χ1v) is 4.64. The number of carbonyl (C=O) groups is 1. The Balaban J connectivity index is 2.39. The van der Waals surface area contributed by atoms with Crippen molar-refractivity contribution in [2.24, 2.45) is 5.73 Å². The molecule has 0 saturated heterocycles. The van der Waals surface area contributed by atoms with E-state index in [0.717, 1.165) is 0 Å². The fraction of sp³-hybridized carbons (Fsp3) is 0.250. The summed E-state index contributed by atoms with van der Waals surface area (Å²) in [6, 6.07) is 0. The first kappa shape index (κ1) is 10.3. The smallest absolute Gasteiger partial charge is 0.340 e. The van der Waals surface area contributed by atoms with Gasteiger partial charge in [0, 0.05) is 13.0 Å². The average molecular weight is 222 g/mol. The lowest BCUT2D eigenvalue weighted by atomic mass is 10.4. The maximum Gasteiger partial charge on any atom is 0.348 e. The molecule has 0 saturated carbocycles. The number of fused-ring (bicyclic) bond motifs is 1. The first-order valence-electron chi connectivity index (χ1n) is 4.64. The summed E-state index contributed by atoms with van der Waals surface area (Å²) in [6.07, 6.45) is 1.57. The summed E-state index contributed by atoms with van der Waals surface area (Å²) >= 11 is 0. The number of amides is 1. The third-order valence-corrected chi connectivity index (χ3v) is 1.94. The molecule has 8 heteroatoms. The zero-order valence-electron chi connectivity index (χ0n) is 8.28. The van der Waals surface area contributed by atoms with Gasteiger partial charge in [0.25, 0.3) is 0 Å². The van der Waals surface area contributed by atoms with E-state index in [4.69, 9.17) is 5.73 Å².